The van der Waals surface area contributed by atoms with E-state index in [1.54, 1.807) is 0 Å². The third kappa shape index (κ3) is 2.67. The zero-order valence-corrected chi connectivity index (χ0v) is 5.99. The van der Waals surface area contributed by atoms with E-state index in [9.17, 15) is 0 Å². The fourth-order valence-corrected chi connectivity index (χ4v) is 0.630. The number of hydrogen-bond acceptors (Lipinski definition) is 1. The van der Waals surface area contributed by atoms with Crippen LogP contribution < -0.4 is 5.32 Å². The van der Waals surface area contributed by atoms with Crippen molar-refractivity contribution in [3.05, 3.63) is 11.8 Å². The highest BCUT2D eigenvalue weighted by Crippen LogP contribution is 1.96. The van der Waals surface area contributed by atoms with Crippen LogP contribution in [0.2, 0.25) is 0 Å². The highest BCUT2D eigenvalue weighted by molar-refractivity contribution is 5.01. The van der Waals surface area contributed by atoms with Crippen molar-refractivity contribution >= 4 is 0 Å². The summed E-state index contributed by atoms with van der Waals surface area (Å²) in [6, 6.07) is 0. The predicted molar refractivity (Wildman–Crippen MR) is 37.7 cm³/mol. The lowest BCUT2D eigenvalue weighted by Crippen LogP contribution is -2.03. The first-order valence-corrected chi connectivity index (χ1v) is 3.30. The lowest BCUT2D eigenvalue weighted by Gasteiger charge is -1.88. The minimum absolute atomic E-state index is 1.14. The van der Waals surface area contributed by atoms with E-state index in [1.807, 2.05) is 13.8 Å². The molecule has 0 aliphatic carbocycles. The van der Waals surface area contributed by atoms with Gasteiger partial charge in [0.2, 0.25) is 0 Å². The molecule has 1 heterocycles. The van der Waals surface area contributed by atoms with Gasteiger partial charge in [0.25, 0.3) is 0 Å². The van der Waals surface area contributed by atoms with Crippen LogP contribution in [-0.4, -0.2) is 6.54 Å². The summed E-state index contributed by atoms with van der Waals surface area (Å²) >= 11 is 0. The zero-order valence-electron chi connectivity index (χ0n) is 5.99. The number of allylic oxidation sites excluding steroid dienone is 1. The van der Waals surface area contributed by atoms with Crippen molar-refractivity contribution in [3.63, 3.8) is 0 Å². The normalized spacial score (nSPS) is 15.6. The molecule has 0 saturated carbocycles. The molecule has 1 aliphatic rings. The Morgan fingerprint density at radius 1 is 1.50 bits per heavy atom. The van der Waals surface area contributed by atoms with E-state index in [0.717, 1.165) is 6.54 Å². The predicted octanol–water partition coefficient (Wildman–Crippen LogP) is 1.91. The second kappa shape index (κ2) is 4.69. The van der Waals surface area contributed by atoms with Crippen LogP contribution in [0.3, 0.4) is 0 Å². The third-order valence-corrected chi connectivity index (χ3v) is 0.999. The Bertz CT molecular complexity index is 74.5. The van der Waals surface area contributed by atoms with Gasteiger partial charge >= 0.3 is 0 Å². The molecule has 1 nitrogen and oxygen atoms in total. The summed E-state index contributed by atoms with van der Waals surface area (Å²) in [6.45, 7) is 7.23. The molecule has 0 saturated heterocycles. The van der Waals surface area contributed by atoms with Crippen molar-refractivity contribution in [2.75, 3.05) is 6.54 Å². The smallest absolute Gasteiger partial charge is 0.0179 e. The summed E-state index contributed by atoms with van der Waals surface area (Å²) in [5.41, 5.74) is 1.33. The Morgan fingerprint density at radius 2 is 2.12 bits per heavy atom. The quantitative estimate of drug-likeness (QED) is 0.506. The summed E-state index contributed by atoms with van der Waals surface area (Å²) in [7, 11) is 0. The molecule has 0 bridgehead atoms. The first-order valence-electron chi connectivity index (χ1n) is 3.30. The zero-order chi connectivity index (χ0) is 6.41. The van der Waals surface area contributed by atoms with Crippen LogP contribution in [-0.2, 0) is 0 Å². The number of rotatable bonds is 0. The third-order valence-electron chi connectivity index (χ3n) is 0.999. The van der Waals surface area contributed by atoms with E-state index in [0.29, 0.717) is 0 Å². The SMILES string of the molecule is CC.CC1=CCCN1. The molecule has 0 amide bonds. The van der Waals surface area contributed by atoms with E-state index in [4.69, 9.17) is 0 Å². The molecule has 0 radical (unpaired) electrons. The molecule has 0 unspecified atom stereocenters. The van der Waals surface area contributed by atoms with Crippen molar-refractivity contribution < 1.29 is 0 Å². The molecule has 1 N–H and O–H groups in total. The molecular formula is C7H15N. The van der Waals surface area contributed by atoms with E-state index in [-0.39, 0.29) is 0 Å². The minimum atomic E-state index is 1.14. The van der Waals surface area contributed by atoms with Crippen LogP contribution in [0.5, 0.6) is 0 Å². The molecule has 1 heteroatoms. The van der Waals surface area contributed by atoms with Gasteiger partial charge in [0.1, 0.15) is 0 Å². The number of nitrogens with one attached hydrogen (secondary N) is 1. The summed E-state index contributed by atoms with van der Waals surface area (Å²) in [5, 5.41) is 3.18. The maximum atomic E-state index is 3.18. The second-order valence-electron chi connectivity index (χ2n) is 1.60. The highest BCUT2D eigenvalue weighted by atomic mass is 14.9. The average molecular weight is 113 g/mol. The fraction of sp³-hybridized carbons (Fsp3) is 0.714. The molecule has 0 aromatic rings. The van der Waals surface area contributed by atoms with Crippen molar-refractivity contribution in [3.8, 4) is 0 Å². The Kier molecular flexibility index (Phi) is 4.42. The molecule has 0 spiro atoms. The largest absolute Gasteiger partial charge is 0.389 e. The van der Waals surface area contributed by atoms with E-state index < -0.39 is 0 Å². The molecule has 0 aromatic carbocycles. The van der Waals surface area contributed by atoms with Gasteiger partial charge in [-0.1, -0.05) is 19.9 Å². The Hall–Kier alpha value is -0.460. The van der Waals surface area contributed by atoms with Gasteiger partial charge in [0.15, 0.2) is 0 Å². The fourth-order valence-electron chi connectivity index (χ4n) is 0.630. The number of hydrogen-bond donors (Lipinski definition) is 1. The van der Waals surface area contributed by atoms with Crippen molar-refractivity contribution in [1.82, 2.24) is 5.32 Å². The van der Waals surface area contributed by atoms with Crippen LogP contribution in [0.15, 0.2) is 11.8 Å². The molecule has 0 fully saturated rings. The summed E-state index contributed by atoms with van der Waals surface area (Å²) in [5.74, 6) is 0. The Balaban J connectivity index is 0.000000222. The van der Waals surface area contributed by atoms with Crippen molar-refractivity contribution in [2.24, 2.45) is 0 Å². The molecule has 1 rings (SSSR count). The molecule has 8 heavy (non-hydrogen) atoms. The Morgan fingerprint density at radius 3 is 2.25 bits per heavy atom. The van der Waals surface area contributed by atoms with E-state index in [2.05, 4.69) is 18.3 Å². The molecule has 48 valence electrons. The summed E-state index contributed by atoms with van der Waals surface area (Å²) in [4.78, 5) is 0. The van der Waals surface area contributed by atoms with Crippen molar-refractivity contribution in [2.45, 2.75) is 27.2 Å². The molecule has 0 aromatic heterocycles. The van der Waals surface area contributed by atoms with Gasteiger partial charge in [-0.15, -0.1) is 0 Å². The Labute approximate surface area is 51.8 Å². The standard InChI is InChI=1S/C5H9N.C2H6/c1-5-3-2-4-6-5;1-2/h3,6H,2,4H2,1H3;1-2H3. The van der Waals surface area contributed by atoms with Crippen LogP contribution in [0.25, 0.3) is 0 Å². The van der Waals surface area contributed by atoms with Gasteiger partial charge in [-0.2, -0.15) is 0 Å². The first-order chi connectivity index (χ1) is 3.89. The van der Waals surface area contributed by atoms with Gasteiger partial charge in [0.05, 0.1) is 0 Å². The monoisotopic (exact) mass is 113 g/mol. The molecule has 1 aliphatic heterocycles. The lowest BCUT2D eigenvalue weighted by atomic mass is 10.4. The first kappa shape index (κ1) is 7.54. The van der Waals surface area contributed by atoms with E-state index in [1.165, 1.54) is 12.1 Å². The van der Waals surface area contributed by atoms with Crippen LogP contribution in [0.4, 0.5) is 0 Å². The molecular weight excluding hydrogens is 98.1 g/mol. The van der Waals surface area contributed by atoms with Gasteiger partial charge in [0, 0.05) is 12.2 Å². The van der Waals surface area contributed by atoms with Crippen LogP contribution in [0, 0.1) is 0 Å². The highest BCUT2D eigenvalue weighted by Gasteiger charge is 1.92. The minimum Gasteiger partial charge on any atom is -0.389 e. The molecule has 0 atom stereocenters. The van der Waals surface area contributed by atoms with E-state index >= 15 is 0 Å². The van der Waals surface area contributed by atoms with Gasteiger partial charge in [-0.05, 0) is 13.3 Å². The van der Waals surface area contributed by atoms with Gasteiger partial charge in [-0.25, -0.2) is 0 Å². The summed E-state index contributed by atoms with van der Waals surface area (Å²) in [6.07, 6.45) is 3.42. The van der Waals surface area contributed by atoms with Crippen molar-refractivity contribution in [1.29, 1.82) is 0 Å². The maximum Gasteiger partial charge on any atom is 0.0179 e. The van der Waals surface area contributed by atoms with Crippen LogP contribution >= 0.6 is 0 Å². The maximum absolute atomic E-state index is 3.18. The topological polar surface area (TPSA) is 12.0 Å². The summed E-state index contributed by atoms with van der Waals surface area (Å²) < 4.78 is 0. The van der Waals surface area contributed by atoms with Crippen LogP contribution in [0.1, 0.15) is 27.2 Å². The average Bonchev–Trinajstić information content (AvgIpc) is 2.24. The lowest BCUT2D eigenvalue weighted by molar-refractivity contribution is 0.876. The van der Waals surface area contributed by atoms with Gasteiger partial charge in [-0.3, -0.25) is 0 Å². The van der Waals surface area contributed by atoms with Gasteiger partial charge < -0.3 is 5.32 Å². The second-order valence-corrected chi connectivity index (χ2v) is 1.60.